The molecule has 0 saturated heterocycles. The number of rotatable bonds is 1. The van der Waals surface area contributed by atoms with Crippen LogP contribution in [0.2, 0.25) is 0 Å². The van der Waals surface area contributed by atoms with Gasteiger partial charge in [0.05, 0.1) is 0 Å². The van der Waals surface area contributed by atoms with Crippen LogP contribution < -0.4 is 5.46 Å². The molecule has 60 valence electrons. The van der Waals surface area contributed by atoms with Crippen LogP contribution in [0.1, 0.15) is 13.8 Å². The first kappa shape index (κ1) is 10.1. The number of aromatic nitrogens is 1. The molecule has 0 atom stereocenters. The van der Waals surface area contributed by atoms with Crippen molar-refractivity contribution in [3.63, 3.8) is 0 Å². The molecule has 2 N–H and O–H groups in total. The van der Waals surface area contributed by atoms with Crippen molar-refractivity contribution >= 4 is 12.6 Å². The maximum absolute atomic E-state index is 8.54. The second-order valence-electron chi connectivity index (χ2n) is 1.66. The van der Waals surface area contributed by atoms with Crippen molar-refractivity contribution in [3.8, 4) is 0 Å². The summed E-state index contributed by atoms with van der Waals surface area (Å²) in [6.07, 6.45) is 2.98. The van der Waals surface area contributed by atoms with Gasteiger partial charge in [0.15, 0.2) is 0 Å². The second kappa shape index (κ2) is 5.89. The highest BCUT2D eigenvalue weighted by atomic mass is 16.4. The lowest BCUT2D eigenvalue weighted by atomic mass is 9.82. The molecule has 0 spiro atoms. The molecule has 0 aliphatic rings. The van der Waals surface area contributed by atoms with E-state index >= 15 is 0 Å². The Morgan fingerprint density at radius 3 is 2.27 bits per heavy atom. The maximum atomic E-state index is 8.54. The summed E-state index contributed by atoms with van der Waals surface area (Å²) in [4.78, 5) is 3.69. The van der Waals surface area contributed by atoms with Crippen LogP contribution in [-0.2, 0) is 0 Å². The van der Waals surface area contributed by atoms with E-state index in [1.54, 1.807) is 18.3 Å². The van der Waals surface area contributed by atoms with Crippen LogP contribution in [0.5, 0.6) is 0 Å². The zero-order valence-corrected chi connectivity index (χ0v) is 6.73. The molecule has 0 unspecified atom stereocenters. The van der Waals surface area contributed by atoms with Crippen molar-refractivity contribution in [1.29, 1.82) is 0 Å². The van der Waals surface area contributed by atoms with Crippen LogP contribution in [0.4, 0.5) is 0 Å². The Balaban J connectivity index is 0.000000461. The Bertz CT molecular complexity index is 179. The standard InChI is InChI=1S/C5H6BNO2.C2H6/c8-6(9)5-2-1-3-7-4-5;1-2/h1-4,8-9H;1-2H3. The molecule has 1 aromatic rings. The van der Waals surface area contributed by atoms with Crippen molar-refractivity contribution in [2.45, 2.75) is 13.8 Å². The highest BCUT2D eigenvalue weighted by molar-refractivity contribution is 6.58. The first-order valence-corrected chi connectivity index (χ1v) is 3.57. The Morgan fingerprint density at radius 1 is 1.36 bits per heavy atom. The predicted molar refractivity (Wildman–Crippen MR) is 45.4 cm³/mol. The minimum Gasteiger partial charge on any atom is -0.423 e. The van der Waals surface area contributed by atoms with Crippen LogP contribution in [0.25, 0.3) is 0 Å². The SMILES string of the molecule is CC.OB(O)c1cccnc1. The van der Waals surface area contributed by atoms with Gasteiger partial charge in [-0.2, -0.15) is 0 Å². The van der Waals surface area contributed by atoms with Gasteiger partial charge in [-0.25, -0.2) is 0 Å². The molecule has 0 radical (unpaired) electrons. The van der Waals surface area contributed by atoms with Crippen LogP contribution in [0, 0.1) is 0 Å². The number of pyridine rings is 1. The molecular weight excluding hydrogens is 141 g/mol. The summed E-state index contributed by atoms with van der Waals surface area (Å²) in [7, 11) is -1.40. The molecule has 0 bridgehead atoms. The average molecular weight is 153 g/mol. The number of hydrogen-bond acceptors (Lipinski definition) is 3. The van der Waals surface area contributed by atoms with E-state index in [2.05, 4.69) is 4.98 Å². The van der Waals surface area contributed by atoms with Crippen LogP contribution in [0.3, 0.4) is 0 Å². The Morgan fingerprint density at radius 2 is 2.00 bits per heavy atom. The summed E-state index contributed by atoms with van der Waals surface area (Å²) < 4.78 is 0. The summed E-state index contributed by atoms with van der Waals surface area (Å²) >= 11 is 0. The normalized spacial score (nSPS) is 8.00. The largest absolute Gasteiger partial charge is 0.490 e. The zero-order chi connectivity index (χ0) is 8.69. The van der Waals surface area contributed by atoms with Crippen LogP contribution in [-0.4, -0.2) is 22.2 Å². The topological polar surface area (TPSA) is 53.4 Å². The average Bonchev–Trinajstić information content (AvgIpc) is 2.10. The lowest BCUT2D eigenvalue weighted by molar-refractivity contribution is 0.425. The quantitative estimate of drug-likeness (QED) is 0.548. The van der Waals surface area contributed by atoms with Gasteiger partial charge in [-0.3, -0.25) is 4.98 Å². The van der Waals surface area contributed by atoms with Crippen molar-refractivity contribution in [3.05, 3.63) is 24.5 Å². The summed E-state index contributed by atoms with van der Waals surface area (Å²) in [5.74, 6) is 0. The third kappa shape index (κ3) is 3.75. The number of hydrogen-bond donors (Lipinski definition) is 2. The first-order chi connectivity index (χ1) is 5.30. The molecule has 0 amide bonds. The fourth-order valence-corrected chi connectivity index (χ4v) is 0.529. The van der Waals surface area contributed by atoms with Gasteiger partial charge in [-0.1, -0.05) is 19.9 Å². The third-order valence-electron chi connectivity index (χ3n) is 0.983. The van der Waals surface area contributed by atoms with E-state index in [0.717, 1.165) is 0 Å². The lowest BCUT2D eigenvalue weighted by Gasteiger charge is -1.93. The Labute approximate surface area is 66.9 Å². The van der Waals surface area contributed by atoms with Gasteiger partial charge in [-0.05, 0) is 6.07 Å². The van der Waals surface area contributed by atoms with Crippen molar-refractivity contribution in [1.82, 2.24) is 4.98 Å². The monoisotopic (exact) mass is 153 g/mol. The molecule has 1 aromatic heterocycles. The summed E-state index contributed by atoms with van der Waals surface area (Å²) in [5, 5.41) is 17.1. The van der Waals surface area contributed by atoms with Crippen LogP contribution >= 0.6 is 0 Å². The Kier molecular flexibility index (Phi) is 5.42. The van der Waals surface area contributed by atoms with Crippen molar-refractivity contribution < 1.29 is 10.0 Å². The minimum absolute atomic E-state index is 0.414. The van der Waals surface area contributed by atoms with E-state index in [0.29, 0.717) is 5.46 Å². The highest BCUT2D eigenvalue weighted by Gasteiger charge is 2.08. The van der Waals surface area contributed by atoms with Gasteiger partial charge in [0.25, 0.3) is 0 Å². The first-order valence-electron chi connectivity index (χ1n) is 3.57. The molecule has 0 saturated carbocycles. The molecule has 3 nitrogen and oxygen atoms in total. The van der Waals surface area contributed by atoms with E-state index < -0.39 is 7.12 Å². The van der Waals surface area contributed by atoms with Gasteiger partial charge in [-0.15, -0.1) is 0 Å². The van der Waals surface area contributed by atoms with E-state index in [4.69, 9.17) is 10.0 Å². The molecule has 1 heterocycles. The Hall–Kier alpha value is -0.865. The zero-order valence-electron chi connectivity index (χ0n) is 6.73. The number of nitrogens with zero attached hydrogens (tertiary/aromatic N) is 1. The fraction of sp³-hybridized carbons (Fsp3) is 0.286. The van der Waals surface area contributed by atoms with E-state index in [1.165, 1.54) is 6.20 Å². The molecule has 0 aliphatic carbocycles. The highest BCUT2D eigenvalue weighted by Crippen LogP contribution is 1.77. The smallest absolute Gasteiger partial charge is 0.423 e. The lowest BCUT2D eigenvalue weighted by Crippen LogP contribution is -2.29. The van der Waals surface area contributed by atoms with Gasteiger partial charge in [0.1, 0.15) is 0 Å². The van der Waals surface area contributed by atoms with Gasteiger partial charge in [0.2, 0.25) is 0 Å². The predicted octanol–water partition coefficient (Wildman–Crippen LogP) is -0.212. The minimum atomic E-state index is -1.40. The van der Waals surface area contributed by atoms with Gasteiger partial charge >= 0.3 is 7.12 Å². The summed E-state index contributed by atoms with van der Waals surface area (Å²) in [6.45, 7) is 4.00. The van der Waals surface area contributed by atoms with Crippen molar-refractivity contribution in [2.24, 2.45) is 0 Å². The van der Waals surface area contributed by atoms with E-state index in [9.17, 15) is 0 Å². The molecular formula is C7H12BNO2. The van der Waals surface area contributed by atoms with Gasteiger partial charge in [0, 0.05) is 17.9 Å². The summed E-state index contributed by atoms with van der Waals surface area (Å²) in [5.41, 5.74) is 0.414. The molecule has 0 fully saturated rings. The van der Waals surface area contributed by atoms with Gasteiger partial charge < -0.3 is 10.0 Å². The molecule has 0 aromatic carbocycles. The van der Waals surface area contributed by atoms with Crippen molar-refractivity contribution in [2.75, 3.05) is 0 Å². The maximum Gasteiger partial charge on any atom is 0.490 e. The molecule has 0 aliphatic heterocycles. The van der Waals surface area contributed by atoms with E-state index in [-0.39, 0.29) is 0 Å². The molecule has 1 rings (SSSR count). The van der Waals surface area contributed by atoms with Crippen LogP contribution in [0.15, 0.2) is 24.5 Å². The molecule has 4 heteroatoms. The summed E-state index contributed by atoms with van der Waals surface area (Å²) in [6, 6.07) is 3.24. The van der Waals surface area contributed by atoms with E-state index in [1.807, 2.05) is 13.8 Å². The molecule has 11 heavy (non-hydrogen) atoms. The fourth-order valence-electron chi connectivity index (χ4n) is 0.529. The third-order valence-corrected chi connectivity index (χ3v) is 0.983. The second-order valence-corrected chi connectivity index (χ2v) is 1.66.